The lowest BCUT2D eigenvalue weighted by Gasteiger charge is -2.14. The second-order valence-electron chi connectivity index (χ2n) is 6.56. The Balaban J connectivity index is 1.85. The van der Waals surface area contributed by atoms with E-state index in [9.17, 15) is 18.0 Å². The fraction of sp³-hybridized carbons (Fsp3) is 0.0870. The third kappa shape index (κ3) is 3.43. The molecule has 0 fully saturated rings. The predicted octanol–water partition coefficient (Wildman–Crippen LogP) is 5.74. The van der Waals surface area contributed by atoms with Gasteiger partial charge in [-0.25, -0.2) is 0 Å². The number of aromatic nitrogens is 1. The highest BCUT2D eigenvalue weighted by molar-refractivity contribution is 5.94. The third-order valence-corrected chi connectivity index (χ3v) is 4.73. The minimum Gasteiger partial charge on any atom is -0.304 e. The van der Waals surface area contributed by atoms with Gasteiger partial charge in [0.15, 0.2) is 0 Å². The molecule has 1 heterocycles. The van der Waals surface area contributed by atoms with Crippen LogP contribution in [0.15, 0.2) is 89.7 Å². The van der Waals surface area contributed by atoms with Gasteiger partial charge < -0.3 is 4.57 Å². The van der Waals surface area contributed by atoms with Crippen LogP contribution in [0.4, 0.5) is 13.2 Å². The van der Waals surface area contributed by atoms with Gasteiger partial charge in [0, 0.05) is 11.5 Å². The Morgan fingerprint density at radius 2 is 1.43 bits per heavy atom. The van der Waals surface area contributed by atoms with Gasteiger partial charge in [0.2, 0.25) is 0 Å². The Kier molecular flexibility index (Phi) is 4.51. The van der Waals surface area contributed by atoms with E-state index in [0.29, 0.717) is 17.7 Å². The molecule has 0 bridgehead atoms. The SMILES string of the molecule is O=c1cc(-c2ccc(C(F)(F)F)cc2)c2ccccc2n1Cc1ccccc1. The summed E-state index contributed by atoms with van der Waals surface area (Å²) in [5.74, 6) is 0. The molecule has 0 aliphatic heterocycles. The van der Waals surface area contributed by atoms with Gasteiger partial charge in [0.1, 0.15) is 0 Å². The Bertz CT molecular complexity index is 1180. The summed E-state index contributed by atoms with van der Waals surface area (Å²) in [7, 11) is 0. The van der Waals surface area contributed by atoms with Crippen molar-refractivity contribution >= 4 is 10.9 Å². The van der Waals surface area contributed by atoms with Gasteiger partial charge in [-0.1, -0.05) is 60.7 Å². The minimum atomic E-state index is -4.39. The number of alkyl halides is 3. The minimum absolute atomic E-state index is 0.197. The molecule has 0 aliphatic rings. The van der Waals surface area contributed by atoms with Crippen LogP contribution >= 0.6 is 0 Å². The van der Waals surface area contributed by atoms with Gasteiger partial charge in [-0.05, 0) is 34.9 Å². The van der Waals surface area contributed by atoms with Gasteiger partial charge >= 0.3 is 6.18 Å². The van der Waals surface area contributed by atoms with Crippen LogP contribution in [0.5, 0.6) is 0 Å². The molecule has 3 aromatic carbocycles. The zero-order valence-corrected chi connectivity index (χ0v) is 14.8. The molecule has 4 aromatic rings. The molecule has 1 aromatic heterocycles. The first-order valence-electron chi connectivity index (χ1n) is 8.77. The van der Waals surface area contributed by atoms with Crippen molar-refractivity contribution in [3.8, 4) is 11.1 Å². The van der Waals surface area contributed by atoms with Crippen LogP contribution in [0.3, 0.4) is 0 Å². The number of para-hydroxylation sites is 1. The standard InChI is InChI=1S/C23H16F3NO/c24-23(25,26)18-12-10-17(11-13-18)20-14-22(28)27(15-16-6-2-1-3-7-16)21-9-5-4-8-19(20)21/h1-14H,15H2. The molecule has 0 atom stereocenters. The van der Waals surface area contributed by atoms with E-state index in [1.54, 1.807) is 4.57 Å². The zero-order chi connectivity index (χ0) is 19.7. The van der Waals surface area contributed by atoms with Crippen molar-refractivity contribution in [1.82, 2.24) is 4.57 Å². The number of hydrogen-bond acceptors (Lipinski definition) is 1. The van der Waals surface area contributed by atoms with E-state index in [2.05, 4.69) is 0 Å². The fourth-order valence-corrected chi connectivity index (χ4v) is 3.34. The van der Waals surface area contributed by atoms with Crippen molar-refractivity contribution in [2.45, 2.75) is 12.7 Å². The van der Waals surface area contributed by atoms with Crippen LogP contribution in [-0.2, 0) is 12.7 Å². The summed E-state index contributed by atoms with van der Waals surface area (Å²) in [6, 6.07) is 23.5. The lowest BCUT2D eigenvalue weighted by atomic mass is 9.99. The lowest BCUT2D eigenvalue weighted by Crippen LogP contribution is -2.20. The van der Waals surface area contributed by atoms with Gasteiger partial charge in [0.05, 0.1) is 17.6 Å². The van der Waals surface area contributed by atoms with E-state index < -0.39 is 11.7 Å². The molecule has 0 spiro atoms. The van der Waals surface area contributed by atoms with Crippen molar-refractivity contribution in [1.29, 1.82) is 0 Å². The summed E-state index contributed by atoms with van der Waals surface area (Å²) < 4.78 is 40.2. The quantitative estimate of drug-likeness (QED) is 0.445. The van der Waals surface area contributed by atoms with Crippen molar-refractivity contribution in [2.24, 2.45) is 0 Å². The number of hydrogen-bond donors (Lipinski definition) is 0. The molecule has 2 nitrogen and oxygen atoms in total. The monoisotopic (exact) mass is 379 g/mol. The largest absolute Gasteiger partial charge is 0.416 e. The highest BCUT2D eigenvalue weighted by Gasteiger charge is 2.30. The normalized spacial score (nSPS) is 11.7. The summed E-state index contributed by atoms with van der Waals surface area (Å²) in [6.07, 6.45) is -4.39. The van der Waals surface area contributed by atoms with Crippen molar-refractivity contribution in [3.05, 3.63) is 106 Å². The van der Waals surface area contributed by atoms with Crippen LogP contribution in [0, 0.1) is 0 Å². The highest BCUT2D eigenvalue weighted by atomic mass is 19.4. The molecular weight excluding hydrogens is 363 g/mol. The average Bonchev–Trinajstić information content (AvgIpc) is 2.70. The Labute approximate surface area is 159 Å². The number of rotatable bonds is 3. The Morgan fingerprint density at radius 3 is 2.11 bits per heavy atom. The van der Waals surface area contributed by atoms with Crippen molar-refractivity contribution in [3.63, 3.8) is 0 Å². The van der Waals surface area contributed by atoms with E-state index in [0.717, 1.165) is 28.6 Å². The van der Waals surface area contributed by atoms with Crippen molar-refractivity contribution in [2.75, 3.05) is 0 Å². The van der Waals surface area contributed by atoms with E-state index in [1.807, 2.05) is 54.6 Å². The smallest absolute Gasteiger partial charge is 0.304 e. The first-order chi connectivity index (χ1) is 13.4. The number of fused-ring (bicyclic) bond motifs is 1. The maximum Gasteiger partial charge on any atom is 0.416 e. The van der Waals surface area contributed by atoms with Gasteiger partial charge in [-0.2, -0.15) is 13.2 Å². The second-order valence-corrected chi connectivity index (χ2v) is 6.56. The molecule has 0 unspecified atom stereocenters. The predicted molar refractivity (Wildman–Crippen MR) is 104 cm³/mol. The summed E-state index contributed by atoms with van der Waals surface area (Å²) in [6.45, 7) is 0.424. The molecule has 0 saturated heterocycles. The molecule has 5 heteroatoms. The van der Waals surface area contributed by atoms with E-state index in [1.165, 1.54) is 18.2 Å². The zero-order valence-electron chi connectivity index (χ0n) is 14.8. The van der Waals surface area contributed by atoms with E-state index in [-0.39, 0.29) is 5.56 Å². The van der Waals surface area contributed by atoms with Crippen molar-refractivity contribution < 1.29 is 13.2 Å². The first-order valence-corrected chi connectivity index (χ1v) is 8.77. The molecule has 0 saturated carbocycles. The molecular formula is C23H16F3NO. The number of nitrogens with zero attached hydrogens (tertiary/aromatic N) is 1. The lowest BCUT2D eigenvalue weighted by molar-refractivity contribution is -0.137. The molecule has 4 rings (SSSR count). The Morgan fingerprint density at radius 1 is 0.786 bits per heavy atom. The third-order valence-electron chi connectivity index (χ3n) is 4.73. The molecule has 0 N–H and O–H groups in total. The summed E-state index contributed by atoms with van der Waals surface area (Å²) in [4.78, 5) is 12.8. The van der Waals surface area contributed by atoms with Crippen LogP contribution in [0.1, 0.15) is 11.1 Å². The van der Waals surface area contributed by atoms with Crippen LogP contribution in [0.25, 0.3) is 22.0 Å². The maximum absolute atomic E-state index is 12.8. The van der Waals surface area contributed by atoms with Crippen LogP contribution in [-0.4, -0.2) is 4.57 Å². The fourth-order valence-electron chi connectivity index (χ4n) is 3.34. The maximum atomic E-state index is 12.8. The molecule has 0 amide bonds. The van der Waals surface area contributed by atoms with Crippen LogP contribution in [0.2, 0.25) is 0 Å². The second kappa shape index (κ2) is 7.00. The Hall–Kier alpha value is -3.34. The average molecular weight is 379 g/mol. The highest BCUT2D eigenvalue weighted by Crippen LogP contribution is 2.32. The molecule has 140 valence electrons. The molecule has 0 radical (unpaired) electrons. The summed E-state index contributed by atoms with van der Waals surface area (Å²) in [5.41, 5.74) is 2.04. The van der Waals surface area contributed by atoms with Gasteiger partial charge in [-0.15, -0.1) is 0 Å². The van der Waals surface area contributed by atoms with Gasteiger partial charge in [-0.3, -0.25) is 4.79 Å². The number of halogens is 3. The first kappa shape index (κ1) is 18.0. The molecule has 0 aliphatic carbocycles. The van der Waals surface area contributed by atoms with Gasteiger partial charge in [0.25, 0.3) is 5.56 Å². The number of benzene rings is 3. The van der Waals surface area contributed by atoms with E-state index in [4.69, 9.17) is 0 Å². The topological polar surface area (TPSA) is 22.0 Å². The molecule has 28 heavy (non-hydrogen) atoms. The number of pyridine rings is 1. The summed E-state index contributed by atoms with van der Waals surface area (Å²) >= 11 is 0. The van der Waals surface area contributed by atoms with E-state index >= 15 is 0 Å². The summed E-state index contributed by atoms with van der Waals surface area (Å²) in [5, 5.41) is 0.817. The van der Waals surface area contributed by atoms with Crippen LogP contribution < -0.4 is 5.56 Å².